The van der Waals surface area contributed by atoms with Crippen LogP contribution in [0.4, 0.5) is 0 Å². The van der Waals surface area contributed by atoms with E-state index in [9.17, 15) is 8.42 Å². The lowest BCUT2D eigenvalue weighted by atomic mass is 9.56. The van der Waals surface area contributed by atoms with Crippen LogP contribution in [0.2, 0.25) is 0 Å². The predicted octanol–water partition coefficient (Wildman–Crippen LogP) is 7.28. The molecule has 3 nitrogen and oxygen atoms in total. The number of rotatable bonds is 8. The summed E-state index contributed by atoms with van der Waals surface area (Å²) in [6, 6.07) is 7.02. The Kier molecular flexibility index (Phi) is 7.80. The normalized spacial score (nSPS) is 33.5. The van der Waals surface area contributed by atoms with E-state index in [-0.39, 0.29) is 6.10 Å². The molecule has 0 N–H and O–H groups in total. The summed E-state index contributed by atoms with van der Waals surface area (Å²) in [6.07, 6.45) is 16.8. The van der Waals surface area contributed by atoms with Gasteiger partial charge in [-0.05, 0) is 93.6 Å². The lowest BCUT2D eigenvalue weighted by Crippen LogP contribution is -2.43. The number of unbranched alkanes of at least 4 members (excludes halogenated alkanes) is 3. The molecule has 3 saturated carbocycles. The van der Waals surface area contributed by atoms with Crippen molar-refractivity contribution in [3.63, 3.8) is 0 Å². The molecule has 0 amide bonds. The molecular weight excluding hydrogens is 404 g/mol. The molecule has 0 radical (unpaired) electrons. The maximum Gasteiger partial charge on any atom is 0.297 e. The minimum absolute atomic E-state index is 0.140. The predicted molar refractivity (Wildman–Crippen MR) is 126 cm³/mol. The first kappa shape index (κ1) is 23.3. The molecular formula is C27H42O3S. The average Bonchev–Trinajstić information content (AvgIpc) is 2.76. The van der Waals surface area contributed by atoms with Crippen molar-refractivity contribution in [1.29, 1.82) is 0 Å². The van der Waals surface area contributed by atoms with Gasteiger partial charge in [0.1, 0.15) is 0 Å². The van der Waals surface area contributed by atoms with Crippen molar-refractivity contribution in [2.45, 2.75) is 108 Å². The van der Waals surface area contributed by atoms with E-state index in [1.165, 1.54) is 64.2 Å². The molecule has 0 bridgehead atoms. The molecule has 6 atom stereocenters. The molecule has 0 aromatic heterocycles. The minimum Gasteiger partial charge on any atom is -0.263 e. The summed E-state index contributed by atoms with van der Waals surface area (Å²) >= 11 is 0. The van der Waals surface area contributed by atoms with Crippen LogP contribution in [0, 0.1) is 36.5 Å². The molecule has 4 rings (SSSR count). The van der Waals surface area contributed by atoms with Crippen molar-refractivity contribution in [3.8, 4) is 0 Å². The number of hydrogen-bond donors (Lipinski definition) is 0. The molecule has 31 heavy (non-hydrogen) atoms. The van der Waals surface area contributed by atoms with Crippen LogP contribution >= 0.6 is 0 Å². The Morgan fingerprint density at radius 2 is 1.52 bits per heavy atom. The van der Waals surface area contributed by atoms with E-state index in [1.807, 2.05) is 19.1 Å². The summed E-state index contributed by atoms with van der Waals surface area (Å²) in [5, 5.41) is 0. The zero-order valence-electron chi connectivity index (χ0n) is 19.6. The third kappa shape index (κ3) is 5.74. The van der Waals surface area contributed by atoms with Crippen LogP contribution in [0.3, 0.4) is 0 Å². The van der Waals surface area contributed by atoms with Gasteiger partial charge >= 0.3 is 0 Å². The summed E-state index contributed by atoms with van der Waals surface area (Å²) in [4.78, 5) is 0.293. The van der Waals surface area contributed by atoms with Gasteiger partial charge in [0, 0.05) is 0 Å². The zero-order valence-corrected chi connectivity index (χ0v) is 20.4. The van der Waals surface area contributed by atoms with Crippen LogP contribution in [-0.2, 0) is 14.3 Å². The summed E-state index contributed by atoms with van der Waals surface area (Å²) in [5.41, 5.74) is 1.06. The fraction of sp³-hybridized carbons (Fsp3) is 0.778. The summed E-state index contributed by atoms with van der Waals surface area (Å²) in [6.45, 7) is 4.26. The van der Waals surface area contributed by atoms with Crippen LogP contribution in [-0.4, -0.2) is 14.5 Å². The van der Waals surface area contributed by atoms with Crippen molar-refractivity contribution in [1.82, 2.24) is 0 Å². The Hall–Kier alpha value is -0.870. The van der Waals surface area contributed by atoms with Crippen LogP contribution in [0.15, 0.2) is 29.2 Å². The number of aryl methyl sites for hydroxylation is 1. The van der Waals surface area contributed by atoms with Gasteiger partial charge in [0.05, 0.1) is 11.0 Å². The van der Waals surface area contributed by atoms with E-state index in [4.69, 9.17) is 4.18 Å². The highest BCUT2D eigenvalue weighted by atomic mass is 32.2. The van der Waals surface area contributed by atoms with Crippen molar-refractivity contribution in [2.24, 2.45) is 29.6 Å². The highest BCUT2D eigenvalue weighted by Gasteiger charge is 2.45. The Morgan fingerprint density at radius 1 is 0.839 bits per heavy atom. The van der Waals surface area contributed by atoms with E-state index in [0.717, 1.165) is 48.5 Å². The molecule has 1 aromatic carbocycles. The van der Waals surface area contributed by atoms with Crippen LogP contribution in [0.5, 0.6) is 0 Å². The molecule has 0 saturated heterocycles. The molecule has 4 unspecified atom stereocenters. The molecule has 3 aliphatic carbocycles. The first-order valence-electron chi connectivity index (χ1n) is 13.0. The summed E-state index contributed by atoms with van der Waals surface area (Å²) < 4.78 is 31.2. The van der Waals surface area contributed by atoms with Gasteiger partial charge < -0.3 is 0 Å². The van der Waals surface area contributed by atoms with E-state index >= 15 is 0 Å². The number of hydrogen-bond acceptors (Lipinski definition) is 3. The lowest BCUT2D eigenvalue weighted by Gasteiger charge is -2.50. The van der Waals surface area contributed by atoms with Gasteiger partial charge in [0.2, 0.25) is 0 Å². The van der Waals surface area contributed by atoms with E-state index < -0.39 is 10.1 Å². The standard InChI is InChI=1S/C27H42O3S/c1-3-4-5-6-7-21-10-16-26-22(18-21)11-12-23-19-24(13-17-27(23)26)30-31(28,29)25-14-8-20(2)9-15-25/h8-9,14-15,21-24,26-27H,3-7,10-13,16-19H2,1-2H3/t21-,22?,23?,24-,26?,27?/m0/s1. The average molecular weight is 447 g/mol. The highest BCUT2D eigenvalue weighted by Crippen LogP contribution is 2.53. The topological polar surface area (TPSA) is 43.4 Å². The van der Waals surface area contributed by atoms with E-state index in [0.29, 0.717) is 10.8 Å². The first-order valence-corrected chi connectivity index (χ1v) is 14.4. The third-order valence-electron chi connectivity index (χ3n) is 8.64. The van der Waals surface area contributed by atoms with Crippen LogP contribution < -0.4 is 0 Å². The largest absolute Gasteiger partial charge is 0.297 e. The summed E-state index contributed by atoms with van der Waals surface area (Å²) in [5.74, 6) is 4.25. The van der Waals surface area contributed by atoms with Crippen molar-refractivity contribution < 1.29 is 12.6 Å². The monoisotopic (exact) mass is 446 g/mol. The van der Waals surface area contributed by atoms with Gasteiger partial charge in [0.15, 0.2) is 0 Å². The Labute approximate surface area is 190 Å². The van der Waals surface area contributed by atoms with Gasteiger partial charge in [0.25, 0.3) is 10.1 Å². The third-order valence-corrected chi connectivity index (χ3v) is 10.0. The molecule has 3 aliphatic rings. The van der Waals surface area contributed by atoms with Gasteiger partial charge in [-0.15, -0.1) is 0 Å². The zero-order chi connectivity index (χ0) is 21.8. The fourth-order valence-electron chi connectivity index (χ4n) is 7.00. The second kappa shape index (κ2) is 10.4. The van der Waals surface area contributed by atoms with Crippen LogP contribution in [0.1, 0.15) is 96.0 Å². The maximum absolute atomic E-state index is 12.7. The number of fused-ring (bicyclic) bond motifs is 3. The van der Waals surface area contributed by atoms with E-state index in [2.05, 4.69) is 6.92 Å². The van der Waals surface area contributed by atoms with E-state index in [1.54, 1.807) is 12.1 Å². The molecule has 0 aliphatic heterocycles. The fourth-order valence-corrected chi connectivity index (χ4v) is 8.11. The van der Waals surface area contributed by atoms with Crippen LogP contribution in [0.25, 0.3) is 0 Å². The number of benzene rings is 1. The SMILES string of the molecule is CCCCCC[C@H]1CCC2C(CCC3C[C@@H](OS(=O)(=O)c4ccc(C)cc4)CCC32)C1. The molecule has 3 fully saturated rings. The quantitative estimate of drug-likeness (QED) is 0.311. The lowest BCUT2D eigenvalue weighted by molar-refractivity contribution is -0.0192. The molecule has 4 heteroatoms. The van der Waals surface area contributed by atoms with Gasteiger partial charge in [-0.3, -0.25) is 4.18 Å². The second-order valence-corrected chi connectivity index (χ2v) is 12.3. The van der Waals surface area contributed by atoms with Gasteiger partial charge in [-0.2, -0.15) is 8.42 Å². The highest BCUT2D eigenvalue weighted by molar-refractivity contribution is 7.86. The van der Waals surface area contributed by atoms with Crippen molar-refractivity contribution in [3.05, 3.63) is 29.8 Å². The molecule has 1 aromatic rings. The van der Waals surface area contributed by atoms with Crippen molar-refractivity contribution >= 4 is 10.1 Å². The Morgan fingerprint density at radius 3 is 2.23 bits per heavy atom. The Balaban J connectivity index is 1.29. The summed E-state index contributed by atoms with van der Waals surface area (Å²) in [7, 11) is -3.66. The minimum atomic E-state index is -3.66. The molecule has 0 heterocycles. The first-order chi connectivity index (χ1) is 15.0. The second-order valence-electron chi connectivity index (χ2n) is 10.8. The van der Waals surface area contributed by atoms with Crippen molar-refractivity contribution in [2.75, 3.05) is 0 Å². The molecule has 174 valence electrons. The molecule has 0 spiro atoms. The Bertz CT molecular complexity index is 800. The maximum atomic E-state index is 12.7. The van der Waals surface area contributed by atoms with Gasteiger partial charge in [-0.25, -0.2) is 0 Å². The van der Waals surface area contributed by atoms with Gasteiger partial charge in [-0.1, -0.05) is 63.1 Å². The smallest absolute Gasteiger partial charge is 0.263 e.